The number of ketones is 1. The van der Waals surface area contributed by atoms with E-state index in [4.69, 9.17) is 0 Å². The fourth-order valence-electron chi connectivity index (χ4n) is 2.97. The van der Waals surface area contributed by atoms with Gasteiger partial charge in [0.2, 0.25) is 5.78 Å². The second-order valence-corrected chi connectivity index (χ2v) is 6.60. The Labute approximate surface area is 142 Å². The van der Waals surface area contributed by atoms with Crippen molar-refractivity contribution in [2.45, 2.75) is 44.1 Å². The van der Waals surface area contributed by atoms with Crippen LogP contribution in [0.1, 0.15) is 48.0 Å². The first-order valence-corrected chi connectivity index (χ1v) is 8.24. The van der Waals surface area contributed by atoms with Crippen LogP contribution in [-0.4, -0.2) is 29.3 Å². The zero-order valence-corrected chi connectivity index (χ0v) is 14.4. The molecule has 1 fully saturated rings. The van der Waals surface area contributed by atoms with Crippen molar-refractivity contribution in [1.29, 1.82) is 0 Å². The highest BCUT2D eigenvalue weighted by atomic mass is 79.9. The van der Waals surface area contributed by atoms with Gasteiger partial charge in [0.25, 0.3) is 5.54 Å². The third-order valence-corrected chi connectivity index (χ3v) is 5.09. The lowest BCUT2D eigenvalue weighted by Crippen LogP contribution is -2.47. The summed E-state index contributed by atoms with van der Waals surface area (Å²) in [5.74, 6) is -0.837. The van der Waals surface area contributed by atoms with E-state index in [0.717, 1.165) is 6.42 Å². The van der Waals surface area contributed by atoms with Gasteiger partial charge in [-0.15, -0.1) is 0 Å². The number of carbonyl (C=O) groups excluding carboxylic acids is 2. The van der Waals surface area contributed by atoms with Crippen LogP contribution in [0.2, 0.25) is 0 Å². The van der Waals surface area contributed by atoms with Crippen molar-refractivity contribution >= 4 is 27.7 Å². The minimum atomic E-state index is -1.60. The highest BCUT2D eigenvalue weighted by Crippen LogP contribution is 2.33. The quantitative estimate of drug-likeness (QED) is 0.344. The van der Waals surface area contributed by atoms with E-state index in [1.54, 1.807) is 18.2 Å². The van der Waals surface area contributed by atoms with Crippen LogP contribution in [0.15, 0.2) is 22.7 Å². The number of hydrogen-bond donors (Lipinski definition) is 0. The average molecular weight is 384 g/mol. The molecule has 23 heavy (non-hydrogen) atoms. The van der Waals surface area contributed by atoms with Gasteiger partial charge in [0.05, 0.1) is 19.1 Å². The third-order valence-electron chi connectivity index (χ3n) is 4.31. The number of nitro groups is 1. The summed E-state index contributed by atoms with van der Waals surface area (Å²) < 4.78 is 5.32. The Kier molecular flexibility index (Phi) is 5.51. The van der Waals surface area contributed by atoms with Crippen LogP contribution < -0.4 is 0 Å². The molecule has 0 aromatic heterocycles. The van der Waals surface area contributed by atoms with E-state index in [2.05, 4.69) is 20.7 Å². The van der Waals surface area contributed by atoms with Gasteiger partial charge in [-0.1, -0.05) is 22.4 Å². The molecule has 0 radical (unpaired) electrons. The van der Waals surface area contributed by atoms with Crippen LogP contribution in [0.3, 0.4) is 0 Å². The molecule has 0 heterocycles. The molecule has 0 N–H and O–H groups in total. The van der Waals surface area contributed by atoms with Crippen LogP contribution >= 0.6 is 15.9 Å². The molecule has 0 spiro atoms. The second-order valence-electron chi connectivity index (χ2n) is 5.75. The van der Waals surface area contributed by atoms with Gasteiger partial charge in [-0.3, -0.25) is 14.9 Å². The van der Waals surface area contributed by atoms with Crippen LogP contribution in [0.4, 0.5) is 0 Å². The Morgan fingerprint density at radius 2 is 2.13 bits per heavy atom. The molecule has 1 aromatic carbocycles. The first-order valence-electron chi connectivity index (χ1n) is 7.45. The van der Waals surface area contributed by atoms with E-state index in [0.29, 0.717) is 28.4 Å². The van der Waals surface area contributed by atoms with Crippen molar-refractivity contribution in [3.05, 3.63) is 43.9 Å². The Hall–Kier alpha value is -1.76. The molecule has 2 rings (SSSR count). The molecule has 1 aliphatic carbocycles. The zero-order valence-electron chi connectivity index (χ0n) is 12.8. The van der Waals surface area contributed by atoms with Crippen molar-refractivity contribution in [2.75, 3.05) is 7.11 Å². The van der Waals surface area contributed by atoms with Gasteiger partial charge in [0, 0.05) is 22.2 Å². The van der Waals surface area contributed by atoms with Gasteiger partial charge < -0.3 is 4.74 Å². The van der Waals surface area contributed by atoms with Crippen molar-refractivity contribution < 1.29 is 19.2 Å². The smallest absolute Gasteiger partial charge is 0.337 e. The van der Waals surface area contributed by atoms with Crippen LogP contribution in [0.5, 0.6) is 0 Å². The maximum Gasteiger partial charge on any atom is 0.337 e. The normalized spacial score (nSPS) is 21.6. The second kappa shape index (κ2) is 7.21. The predicted molar refractivity (Wildman–Crippen MR) is 87.0 cm³/mol. The molecule has 1 aromatic rings. The average Bonchev–Trinajstić information content (AvgIpc) is 2.71. The van der Waals surface area contributed by atoms with Gasteiger partial charge >= 0.3 is 5.97 Å². The van der Waals surface area contributed by atoms with E-state index in [1.165, 1.54) is 7.11 Å². The molecule has 0 amide bonds. The lowest BCUT2D eigenvalue weighted by atomic mass is 9.83. The Morgan fingerprint density at radius 3 is 2.78 bits per heavy atom. The summed E-state index contributed by atoms with van der Waals surface area (Å²) >= 11 is 3.36. The standard InChI is InChI=1S/C16H18BrNO5/c1-23-15(20)11-6-7-13(17)12(9-11)10-16(18(21)22)8-4-2-3-5-14(16)19/h6-7,9H,2-5,8,10H2,1H3. The minimum Gasteiger partial charge on any atom is -0.465 e. The highest BCUT2D eigenvalue weighted by Gasteiger charge is 2.50. The lowest BCUT2D eigenvalue weighted by molar-refractivity contribution is -0.553. The van der Waals surface area contributed by atoms with Gasteiger partial charge in [-0.2, -0.15) is 0 Å². The lowest BCUT2D eigenvalue weighted by Gasteiger charge is -2.23. The van der Waals surface area contributed by atoms with E-state index < -0.39 is 16.4 Å². The molecule has 7 heteroatoms. The SMILES string of the molecule is COC(=O)c1ccc(Br)c(CC2([N+](=O)[O-])CCCCCC2=O)c1. The molecular weight excluding hydrogens is 366 g/mol. The van der Waals surface area contributed by atoms with Gasteiger partial charge in [0.15, 0.2) is 0 Å². The first-order chi connectivity index (χ1) is 10.9. The number of benzene rings is 1. The fourth-order valence-corrected chi connectivity index (χ4v) is 3.35. The zero-order chi connectivity index (χ0) is 17.0. The minimum absolute atomic E-state index is 0.0236. The van der Waals surface area contributed by atoms with E-state index >= 15 is 0 Å². The number of methoxy groups -OCH3 is 1. The molecule has 1 saturated carbocycles. The van der Waals surface area contributed by atoms with Crippen molar-refractivity contribution in [1.82, 2.24) is 0 Å². The molecule has 0 saturated heterocycles. The fraction of sp³-hybridized carbons (Fsp3) is 0.500. The topological polar surface area (TPSA) is 86.5 Å². The predicted octanol–water partition coefficient (Wildman–Crippen LogP) is 3.33. The maximum atomic E-state index is 12.4. The van der Waals surface area contributed by atoms with Crippen LogP contribution in [0.25, 0.3) is 0 Å². The van der Waals surface area contributed by atoms with Crippen molar-refractivity contribution in [3.63, 3.8) is 0 Å². The van der Waals surface area contributed by atoms with Crippen LogP contribution in [-0.2, 0) is 16.0 Å². The first kappa shape index (κ1) is 17.6. The van der Waals surface area contributed by atoms with E-state index in [1.807, 2.05) is 0 Å². The molecule has 124 valence electrons. The Morgan fingerprint density at radius 1 is 1.39 bits per heavy atom. The molecule has 0 aliphatic heterocycles. The number of Topliss-reactive ketones (excluding diaryl/α,β-unsaturated/α-hetero) is 1. The molecule has 0 bridgehead atoms. The summed E-state index contributed by atoms with van der Waals surface area (Å²) in [4.78, 5) is 35.3. The van der Waals surface area contributed by atoms with Crippen molar-refractivity contribution in [3.8, 4) is 0 Å². The van der Waals surface area contributed by atoms with Crippen LogP contribution in [0, 0.1) is 10.1 Å². The number of esters is 1. The van der Waals surface area contributed by atoms with Gasteiger partial charge in [0.1, 0.15) is 0 Å². The van der Waals surface area contributed by atoms with Gasteiger partial charge in [-0.05, 0) is 36.6 Å². The summed E-state index contributed by atoms with van der Waals surface area (Å²) in [6.45, 7) is 0. The summed E-state index contributed by atoms with van der Waals surface area (Å²) in [5, 5.41) is 11.7. The summed E-state index contributed by atoms with van der Waals surface area (Å²) in [5.41, 5.74) is -0.724. The monoisotopic (exact) mass is 383 g/mol. The molecule has 1 aliphatic rings. The number of halogens is 1. The molecular formula is C16H18BrNO5. The summed E-state index contributed by atoms with van der Waals surface area (Å²) in [7, 11) is 1.28. The maximum absolute atomic E-state index is 12.4. The Balaban J connectivity index is 2.42. The van der Waals surface area contributed by atoms with Gasteiger partial charge in [-0.25, -0.2) is 4.79 Å². The number of nitrogens with zero attached hydrogens (tertiary/aromatic N) is 1. The van der Waals surface area contributed by atoms with Crippen molar-refractivity contribution in [2.24, 2.45) is 0 Å². The number of hydrogen-bond acceptors (Lipinski definition) is 5. The molecule has 6 nitrogen and oxygen atoms in total. The molecule has 1 unspecified atom stereocenters. The van der Waals surface area contributed by atoms with E-state index in [9.17, 15) is 19.7 Å². The number of rotatable bonds is 4. The largest absolute Gasteiger partial charge is 0.465 e. The third kappa shape index (κ3) is 3.60. The summed E-state index contributed by atoms with van der Waals surface area (Å²) in [6.07, 6.45) is 2.61. The number of carbonyl (C=O) groups is 2. The summed E-state index contributed by atoms with van der Waals surface area (Å²) in [6, 6.07) is 4.78. The highest BCUT2D eigenvalue weighted by molar-refractivity contribution is 9.10. The Bertz CT molecular complexity index is 645. The molecule has 1 atom stereocenters. The number of ether oxygens (including phenoxy) is 1. The van der Waals surface area contributed by atoms with E-state index in [-0.39, 0.29) is 25.0 Å².